The number of hydrogen-bond donors (Lipinski definition) is 1. The SMILES string of the molecule is CC1(C)COCC2(CCC(C(C)(C)C)CC2)N1. The Labute approximate surface area is 107 Å². The van der Waals surface area contributed by atoms with Crippen LogP contribution in [0, 0.1) is 11.3 Å². The average Bonchev–Trinajstić information content (AvgIpc) is 2.14. The van der Waals surface area contributed by atoms with Gasteiger partial charge < -0.3 is 10.1 Å². The first-order valence-electron chi connectivity index (χ1n) is 7.10. The van der Waals surface area contributed by atoms with Gasteiger partial charge >= 0.3 is 0 Å². The van der Waals surface area contributed by atoms with Gasteiger partial charge in [0.1, 0.15) is 0 Å². The largest absolute Gasteiger partial charge is 0.378 e. The maximum absolute atomic E-state index is 5.84. The second kappa shape index (κ2) is 4.24. The third kappa shape index (κ3) is 3.03. The predicted octanol–water partition coefficient (Wildman–Crippen LogP) is 3.36. The molecule has 0 aromatic carbocycles. The molecule has 1 saturated carbocycles. The van der Waals surface area contributed by atoms with E-state index in [1.807, 2.05) is 0 Å². The predicted molar refractivity (Wildman–Crippen MR) is 72.2 cm³/mol. The lowest BCUT2D eigenvalue weighted by Crippen LogP contribution is -2.65. The molecule has 0 bridgehead atoms. The number of nitrogens with one attached hydrogen (secondary N) is 1. The van der Waals surface area contributed by atoms with Crippen molar-refractivity contribution in [1.82, 2.24) is 5.32 Å². The Morgan fingerprint density at radius 1 is 1.06 bits per heavy atom. The molecule has 2 rings (SSSR count). The summed E-state index contributed by atoms with van der Waals surface area (Å²) in [6.07, 6.45) is 5.24. The van der Waals surface area contributed by atoms with E-state index in [-0.39, 0.29) is 11.1 Å². The highest BCUT2D eigenvalue weighted by atomic mass is 16.5. The summed E-state index contributed by atoms with van der Waals surface area (Å²) in [6.45, 7) is 13.4. The van der Waals surface area contributed by atoms with Crippen molar-refractivity contribution in [3.63, 3.8) is 0 Å². The molecule has 0 aromatic heterocycles. The van der Waals surface area contributed by atoms with Crippen molar-refractivity contribution in [1.29, 1.82) is 0 Å². The molecule has 0 radical (unpaired) electrons. The first-order valence-corrected chi connectivity index (χ1v) is 7.10. The topological polar surface area (TPSA) is 21.3 Å². The molecule has 0 amide bonds. The van der Waals surface area contributed by atoms with Gasteiger partial charge in [-0.3, -0.25) is 0 Å². The standard InChI is InChI=1S/C15H29NO/c1-13(2,3)12-6-8-15(9-7-12)11-17-10-14(4,5)16-15/h12,16H,6-11H2,1-5H3. The van der Waals surface area contributed by atoms with E-state index in [4.69, 9.17) is 4.74 Å². The van der Waals surface area contributed by atoms with Crippen molar-refractivity contribution in [3.05, 3.63) is 0 Å². The van der Waals surface area contributed by atoms with Crippen molar-refractivity contribution in [3.8, 4) is 0 Å². The van der Waals surface area contributed by atoms with Crippen LogP contribution in [0.2, 0.25) is 0 Å². The zero-order valence-corrected chi connectivity index (χ0v) is 12.2. The fraction of sp³-hybridized carbons (Fsp3) is 1.00. The van der Waals surface area contributed by atoms with Crippen molar-refractivity contribution in [2.24, 2.45) is 11.3 Å². The molecular formula is C15H29NO. The van der Waals surface area contributed by atoms with Gasteiger partial charge in [-0.05, 0) is 50.9 Å². The molecule has 1 aliphatic heterocycles. The minimum Gasteiger partial charge on any atom is -0.378 e. The van der Waals surface area contributed by atoms with Crippen LogP contribution in [0.5, 0.6) is 0 Å². The van der Waals surface area contributed by atoms with Gasteiger partial charge in [-0.15, -0.1) is 0 Å². The Kier molecular flexibility index (Phi) is 3.33. The van der Waals surface area contributed by atoms with Gasteiger partial charge in [0.15, 0.2) is 0 Å². The van der Waals surface area contributed by atoms with E-state index in [9.17, 15) is 0 Å². The van der Waals surface area contributed by atoms with E-state index >= 15 is 0 Å². The fourth-order valence-electron chi connectivity index (χ4n) is 3.60. The molecule has 2 fully saturated rings. The lowest BCUT2D eigenvalue weighted by atomic mass is 9.67. The number of ether oxygens (including phenoxy) is 1. The number of morpholine rings is 1. The van der Waals surface area contributed by atoms with Gasteiger partial charge in [-0.25, -0.2) is 0 Å². The minimum absolute atomic E-state index is 0.146. The molecule has 1 N–H and O–H groups in total. The van der Waals surface area contributed by atoms with Crippen LogP contribution in [-0.4, -0.2) is 24.3 Å². The van der Waals surface area contributed by atoms with Gasteiger partial charge in [0, 0.05) is 11.1 Å². The molecule has 1 spiro atoms. The Balaban J connectivity index is 1.98. The quantitative estimate of drug-likeness (QED) is 0.700. The Hall–Kier alpha value is -0.0800. The first kappa shape index (κ1) is 13.4. The van der Waals surface area contributed by atoms with Crippen LogP contribution in [0.25, 0.3) is 0 Å². The molecule has 0 atom stereocenters. The van der Waals surface area contributed by atoms with E-state index in [1.54, 1.807) is 0 Å². The molecule has 0 aromatic rings. The van der Waals surface area contributed by atoms with E-state index in [0.29, 0.717) is 5.41 Å². The van der Waals surface area contributed by atoms with Crippen molar-refractivity contribution in [2.75, 3.05) is 13.2 Å². The van der Waals surface area contributed by atoms with E-state index < -0.39 is 0 Å². The van der Waals surface area contributed by atoms with Crippen LogP contribution in [0.1, 0.15) is 60.3 Å². The van der Waals surface area contributed by atoms with Crippen LogP contribution in [0.15, 0.2) is 0 Å². The highest BCUT2D eigenvalue weighted by molar-refractivity contribution is 5.01. The maximum Gasteiger partial charge on any atom is 0.0649 e. The van der Waals surface area contributed by atoms with E-state index in [1.165, 1.54) is 25.7 Å². The zero-order valence-electron chi connectivity index (χ0n) is 12.2. The van der Waals surface area contributed by atoms with Gasteiger partial charge in [0.25, 0.3) is 0 Å². The Morgan fingerprint density at radius 2 is 1.65 bits per heavy atom. The van der Waals surface area contributed by atoms with Crippen LogP contribution in [-0.2, 0) is 4.74 Å². The van der Waals surface area contributed by atoms with Gasteiger partial charge in [0.2, 0.25) is 0 Å². The maximum atomic E-state index is 5.84. The third-order valence-corrected chi connectivity index (χ3v) is 4.61. The summed E-state index contributed by atoms with van der Waals surface area (Å²) in [5.74, 6) is 0.875. The van der Waals surface area contributed by atoms with Crippen LogP contribution >= 0.6 is 0 Å². The Bertz CT molecular complexity index is 269. The summed E-state index contributed by atoms with van der Waals surface area (Å²) in [4.78, 5) is 0. The highest BCUT2D eigenvalue weighted by Gasteiger charge is 2.44. The second-order valence-electron chi connectivity index (χ2n) is 7.92. The highest BCUT2D eigenvalue weighted by Crippen LogP contribution is 2.43. The number of rotatable bonds is 0. The molecular weight excluding hydrogens is 210 g/mol. The molecule has 1 heterocycles. The molecule has 1 aliphatic carbocycles. The summed E-state index contributed by atoms with van der Waals surface area (Å²) in [6, 6.07) is 0. The lowest BCUT2D eigenvalue weighted by Gasteiger charge is -2.51. The third-order valence-electron chi connectivity index (χ3n) is 4.61. The van der Waals surface area contributed by atoms with Gasteiger partial charge in [-0.2, -0.15) is 0 Å². The smallest absolute Gasteiger partial charge is 0.0649 e. The lowest BCUT2D eigenvalue weighted by molar-refractivity contribution is -0.0558. The number of hydrogen-bond acceptors (Lipinski definition) is 2. The zero-order chi connectivity index (χ0) is 12.7. The van der Waals surface area contributed by atoms with Gasteiger partial charge in [-0.1, -0.05) is 20.8 Å². The molecule has 1 saturated heterocycles. The van der Waals surface area contributed by atoms with Gasteiger partial charge in [0.05, 0.1) is 13.2 Å². The summed E-state index contributed by atoms with van der Waals surface area (Å²) in [7, 11) is 0. The molecule has 2 nitrogen and oxygen atoms in total. The molecule has 0 unspecified atom stereocenters. The van der Waals surface area contributed by atoms with E-state index in [0.717, 1.165) is 19.1 Å². The first-order chi connectivity index (χ1) is 7.73. The minimum atomic E-state index is 0.146. The van der Waals surface area contributed by atoms with E-state index in [2.05, 4.69) is 39.9 Å². The van der Waals surface area contributed by atoms with Crippen molar-refractivity contribution in [2.45, 2.75) is 71.4 Å². The summed E-state index contributed by atoms with van der Waals surface area (Å²) >= 11 is 0. The van der Waals surface area contributed by atoms with Crippen molar-refractivity contribution < 1.29 is 4.74 Å². The fourth-order valence-corrected chi connectivity index (χ4v) is 3.60. The Morgan fingerprint density at radius 3 is 2.12 bits per heavy atom. The summed E-state index contributed by atoms with van der Waals surface area (Å²) in [5.41, 5.74) is 0.878. The summed E-state index contributed by atoms with van der Waals surface area (Å²) in [5, 5.41) is 3.86. The molecule has 17 heavy (non-hydrogen) atoms. The average molecular weight is 239 g/mol. The van der Waals surface area contributed by atoms with Crippen molar-refractivity contribution >= 4 is 0 Å². The molecule has 2 aliphatic rings. The van der Waals surface area contributed by atoms with Crippen LogP contribution < -0.4 is 5.32 Å². The normalized spacial score (nSPS) is 38.3. The summed E-state index contributed by atoms with van der Waals surface area (Å²) < 4.78 is 5.84. The monoisotopic (exact) mass is 239 g/mol. The van der Waals surface area contributed by atoms with Crippen LogP contribution in [0.3, 0.4) is 0 Å². The van der Waals surface area contributed by atoms with Crippen LogP contribution in [0.4, 0.5) is 0 Å². The second-order valence-corrected chi connectivity index (χ2v) is 7.92. The molecule has 2 heteroatoms. The molecule has 100 valence electrons.